The summed E-state index contributed by atoms with van der Waals surface area (Å²) in [5, 5.41) is 4.77. The molecule has 1 heterocycles. The standard InChI is InChI=1S/C17H26N2O/c1-3-12-20-13-11-19-14-15(9-10-18-4-2)16-7-5-6-8-17(16)19/h5-8,14,18H,3-4,9-13H2,1-2H3. The third-order valence-corrected chi connectivity index (χ3v) is 3.52. The zero-order valence-corrected chi connectivity index (χ0v) is 12.7. The first-order valence-electron chi connectivity index (χ1n) is 7.72. The van der Waals surface area contributed by atoms with E-state index in [1.807, 2.05) is 0 Å². The number of nitrogens with zero attached hydrogens (tertiary/aromatic N) is 1. The molecule has 0 amide bonds. The second-order valence-corrected chi connectivity index (χ2v) is 5.08. The second kappa shape index (κ2) is 8.08. The molecule has 3 heteroatoms. The number of para-hydroxylation sites is 1. The minimum Gasteiger partial charge on any atom is -0.380 e. The lowest BCUT2D eigenvalue weighted by molar-refractivity contribution is 0.127. The second-order valence-electron chi connectivity index (χ2n) is 5.08. The third-order valence-electron chi connectivity index (χ3n) is 3.52. The van der Waals surface area contributed by atoms with Gasteiger partial charge in [-0.3, -0.25) is 0 Å². The molecule has 2 rings (SSSR count). The number of benzene rings is 1. The highest BCUT2D eigenvalue weighted by Gasteiger charge is 2.07. The predicted octanol–water partition coefficient (Wildman–Crippen LogP) is 3.22. The van der Waals surface area contributed by atoms with Crippen LogP contribution in [0.25, 0.3) is 10.9 Å². The van der Waals surface area contributed by atoms with E-state index in [-0.39, 0.29) is 0 Å². The molecule has 0 unspecified atom stereocenters. The summed E-state index contributed by atoms with van der Waals surface area (Å²) in [7, 11) is 0. The topological polar surface area (TPSA) is 26.2 Å². The van der Waals surface area contributed by atoms with E-state index in [9.17, 15) is 0 Å². The van der Waals surface area contributed by atoms with E-state index in [1.165, 1.54) is 16.5 Å². The summed E-state index contributed by atoms with van der Waals surface area (Å²) in [6.07, 6.45) is 4.45. The smallest absolute Gasteiger partial charge is 0.0645 e. The summed E-state index contributed by atoms with van der Waals surface area (Å²) >= 11 is 0. The Labute approximate surface area is 121 Å². The van der Waals surface area contributed by atoms with E-state index in [1.54, 1.807) is 0 Å². The van der Waals surface area contributed by atoms with Crippen molar-refractivity contribution in [3.8, 4) is 0 Å². The zero-order valence-electron chi connectivity index (χ0n) is 12.7. The van der Waals surface area contributed by atoms with Crippen molar-refractivity contribution in [1.29, 1.82) is 0 Å². The van der Waals surface area contributed by atoms with Crippen molar-refractivity contribution < 1.29 is 4.74 Å². The average Bonchev–Trinajstić information content (AvgIpc) is 2.83. The van der Waals surface area contributed by atoms with Gasteiger partial charge in [0.25, 0.3) is 0 Å². The monoisotopic (exact) mass is 274 g/mol. The van der Waals surface area contributed by atoms with Crippen LogP contribution in [0.3, 0.4) is 0 Å². The summed E-state index contributed by atoms with van der Waals surface area (Å²) in [5.41, 5.74) is 2.75. The Bertz CT molecular complexity index is 519. The first-order valence-corrected chi connectivity index (χ1v) is 7.72. The molecule has 20 heavy (non-hydrogen) atoms. The van der Waals surface area contributed by atoms with E-state index in [4.69, 9.17) is 4.74 Å². The fraction of sp³-hybridized carbons (Fsp3) is 0.529. The van der Waals surface area contributed by atoms with Crippen LogP contribution in [0.1, 0.15) is 25.8 Å². The molecular formula is C17H26N2O. The highest BCUT2D eigenvalue weighted by atomic mass is 16.5. The maximum absolute atomic E-state index is 5.61. The maximum atomic E-state index is 5.61. The van der Waals surface area contributed by atoms with Gasteiger partial charge in [0.15, 0.2) is 0 Å². The van der Waals surface area contributed by atoms with Crippen LogP contribution < -0.4 is 5.32 Å². The fourth-order valence-electron chi connectivity index (χ4n) is 2.52. The lowest BCUT2D eigenvalue weighted by atomic mass is 10.1. The van der Waals surface area contributed by atoms with Crippen molar-refractivity contribution in [2.45, 2.75) is 33.2 Å². The molecule has 0 atom stereocenters. The number of ether oxygens (including phenoxy) is 1. The normalized spacial score (nSPS) is 11.3. The van der Waals surface area contributed by atoms with Gasteiger partial charge in [-0.25, -0.2) is 0 Å². The number of hydrogen-bond donors (Lipinski definition) is 1. The largest absolute Gasteiger partial charge is 0.380 e. The van der Waals surface area contributed by atoms with Crippen molar-refractivity contribution in [1.82, 2.24) is 9.88 Å². The Kier molecular flexibility index (Phi) is 6.09. The minimum atomic E-state index is 0.791. The van der Waals surface area contributed by atoms with E-state index < -0.39 is 0 Å². The van der Waals surface area contributed by atoms with Crippen LogP contribution >= 0.6 is 0 Å². The van der Waals surface area contributed by atoms with Gasteiger partial charge < -0.3 is 14.6 Å². The molecule has 1 aromatic heterocycles. The lowest BCUT2D eigenvalue weighted by Gasteiger charge is -2.05. The molecule has 0 aliphatic heterocycles. The number of fused-ring (bicyclic) bond motifs is 1. The summed E-state index contributed by atoms with van der Waals surface area (Å²) in [6.45, 7) is 8.94. The molecule has 1 aromatic carbocycles. The molecule has 3 nitrogen and oxygen atoms in total. The van der Waals surface area contributed by atoms with Crippen LogP contribution in [0.15, 0.2) is 30.5 Å². The van der Waals surface area contributed by atoms with Gasteiger partial charge in [-0.1, -0.05) is 32.0 Å². The lowest BCUT2D eigenvalue weighted by Crippen LogP contribution is -2.15. The minimum absolute atomic E-state index is 0.791. The third kappa shape index (κ3) is 3.84. The molecule has 0 bridgehead atoms. The number of hydrogen-bond acceptors (Lipinski definition) is 2. The highest BCUT2D eigenvalue weighted by Crippen LogP contribution is 2.21. The Morgan fingerprint density at radius 3 is 2.80 bits per heavy atom. The molecule has 0 spiro atoms. The Morgan fingerprint density at radius 1 is 1.15 bits per heavy atom. The fourth-order valence-corrected chi connectivity index (χ4v) is 2.52. The van der Waals surface area contributed by atoms with Gasteiger partial charge in [-0.15, -0.1) is 0 Å². The van der Waals surface area contributed by atoms with E-state index in [0.717, 1.165) is 45.7 Å². The first kappa shape index (κ1) is 15.1. The quantitative estimate of drug-likeness (QED) is 0.711. The molecule has 110 valence electrons. The molecule has 0 radical (unpaired) electrons. The van der Waals surface area contributed by atoms with Gasteiger partial charge in [0.05, 0.1) is 6.61 Å². The van der Waals surface area contributed by atoms with Gasteiger partial charge in [0.1, 0.15) is 0 Å². The number of rotatable bonds is 9. The molecule has 0 aliphatic rings. The maximum Gasteiger partial charge on any atom is 0.0645 e. The molecule has 1 N–H and O–H groups in total. The van der Waals surface area contributed by atoms with Crippen LogP contribution in [0.5, 0.6) is 0 Å². The van der Waals surface area contributed by atoms with Gasteiger partial charge in [-0.2, -0.15) is 0 Å². The molecule has 0 saturated carbocycles. The summed E-state index contributed by atoms with van der Waals surface area (Å²) in [5.74, 6) is 0. The summed E-state index contributed by atoms with van der Waals surface area (Å²) < 4.78 is 7.94. The molecule has 0 fully saturated rings. The number of aromatic nitrogens is 1. The van der Waals surface area contributed by atoms with Gasteiger partial charge in [0, 0.05) is 30.3 Å². The van der Waals surface area contributed by atoms with Gasteiger partial charge >= 0.3 is 0 Å². The summed E-state index contributed by atoms with van der Waals surface area (Å²) in [4.78, 5) is 0. The van der Waals surface area contributed by atoms with Crippen LogP contribution in [0.4, 0.5) is 0 Å². The van der Waals surface area contributed by atoms with Crippen molar-refractivity contribution in [2.75, 3.05) is 26.3 Å². The van der Waals surface area contributed by atoms with Gasteiger partial charge in [-0.05, 0) is 37.6 Å². The molecule has 0 saturated heterocycles. The van der Waals surface area contributed by atoms with Crippen molar-refractivity contribution in [3.05, 3.63) is 36.0 Å². The number of nitrogens with one attached hydrogen (secondary N) is 1. The summed E-state index contributed by atoms with van der Waals surface area (Å²) in [6, 6.07) is 8.66. The SMILES string of the molecule is CCCOCCn1cc(CCNCC)c2ccccc21. The molecule has 2 aromatic rings. The predicted molar refractivity (Wildman–Crippen MR) is 85.3 cm³/mol. The first-order chi connectivity index (χ1) is 9.86. The molecule has 0 aliphatic carbocycles. The van der Waals surface area contributed by atoms with E-state index in [2.05, 4.69) is 54.2 Å². The Morgan fingerprint density at radius 2 is 2.00 bits per heavy atom. The average molecular weight is 274 g/mol. The van der Waals surface area contributed by atoms with Crippen LogP contribution in [-0.2, 0) is 17.7 Å². The highest BCUT2D eigenvalue weighted by molar-refractivity contribution is 5.84. The Balaban J connectivity index is 2.09. The van der Waals surface area contributed by atoms with Crippen molar-refractivity contribution >= 4 is 10.9 Å². The van der Waals surface area contributed by atoms with E-state index in [0.29, 0.717) is 0 Å². The number of likely N-dealkylation sites (N-methyl/N-ethyl adjacent to an activating group) is 1. The zero-order chi connectivity index (χ0) is 14.2. The van der Waals surface area contributed by atoms with Gasteiger partial charge in [0.2, 0.25) is 0 Å². The van der Waals surface area contributed by atoms with Crippen LogP contribution in [0.2, 0.25) is 0 Å². The van der Waals surface area contributed by atoms with E-state index >= 15 is 0 Å². The van der Waals surface area contributed by atoms with Crippen LogP contribution in [0, 0.1) is 0 Å². The van der Waals surface area contributed by atoms with Crippen LogP contribution in [-0.4, -0.2) is 30.9 Å². The van der Waals surface area contributed by atoms with Crippen molar-refractivity contribution in [3.63, 3.8) is 0 Å². The molecular weight excluding hydrogens is 248 g/mol. The van der Waals surface area contributed by atoms with Crippen molar-refractivity contribution in [2.24, 2.45) is 0 Å². The Hall–Kier alpha value is -1.32.